The van der Waals surface area contributed by atoms with Crippen molar-refractivity contribution in [1.29, 1.82) is 0 Å². The molecule has 1 fully saturated rings. The summed E-state index contributed by atoms with van der Waals surface area (Å²) in [5, 5.41) is 0. The molecule has 0 spiro atoms. The van der Waals surface area contributed by atoms with Crippen molar-refractivity contribution in [2.24, 2.45) is 0 Å². The molecule has 1 atom stereocenters. The molecule has 2 aromatic carbocycles. The van der Waals surface area contributed by atoms with E-state index in [4.69, 9.17) is 9.47 Å². The fourth-order valence-corrected chi connectivity index (χ4v) is 5.42. The van der Waals surface area contributed by atoms with Crippen molar-refractivity contribution in [3.05, 3.63) is 42.5 Å². The lowest BCUT2D eigenvalue weighted by atomic mass is 10.0. The van der Waals surface area contributed by atoms with Gasteiger partial charge < -0.3 is 14.4 Å². The van der Waals surface area contributed by atoms with Crippen molar-refractivity contribution in [2.45, 2.75) is 50.7 Å². The molecular weight excluding hydrogens is 456 g/mol. The third-order valence-corrected chi connectivity index (χ3v) is 8.05. The fraction of sp³-hybridized carbons (Fsp3) is 0.440. The van der Waals surface area contributed by atoms with Crippen LogP contribution in [0.15, 0.2) is 47.4 Å². The molecule has 8 nitrogen and oxygen atoms in total. The molecule has 0 saturated carbocycles. The van der Waals surface area contributed by atoms with Gasteiger partial charge in [-0.05, 0) is 42.3 Å². The Morgan fingerprint density at radius 1 is 1.06 bits per heavy atom. The number of carbonyl (C=O) groups excluding carboxylic acids is 2. The maximum atomic E-state index is 13.2. The highest BCUT2D eigenvalue weighted by molar-refractivity contribution is 7.91. The zero-order valence-electron chi connectivity index (χ0n) is 19.7. The number of benzene rings is 2. The Hall–Kier alpha value is -2.91. The number of amides is 2. The maximum Gasteiger partial charge on any atom is 0.414 e. The molecule has 0 N–H and O–H groups in total. The van der Waals surface area contributed by atoms with E-state index in [0.717, 1.165) is 5.56 Å². The minimum Gasteiger partial charge on any atom is -0.446 e. The average molecular weight is 487 g/mol. The number of hydrogen-bond acceptors (Lipinski definition) is 6. The molecule has 0 aliphatic carbocycles. The van der Waals surface area contributed by atoms with Crippen LogP contribution < -0.4 is 9.80 Å². The quantitative estimate of drug-likeness (QED) is 0.648. The Morgan fingerprint density at radius 3 is 2.44 bits per heavy atom. The lowest BCUT2D eigenvalue weighted by molar-refractivity contribution is -0.117. The Morgan fingerprint density at radius 2 is 1.76 bits per heavy atom. The minimum atomic E-state index is -3.36. The zero-order valence-corrected chi connectivity index (χ0v) is 20.5. The van der Waals surface area contributed by atoms with Crippen LogP contribution in [0.3, 0.4) is 0 Å². The summed E-state index contributed by atoms with van der Waals surface area (Å²) in [6.45, 7) is 6.42. The van der Waals surface area contributed by atoms with Crippen LogP contribution in [0.1, 0.15) is 33.6 Å². The molecule has 0 bridgehead atoms. The molecule has 1 unspecified atom stereocenters. The predicted molar refractivity (Wildman–Crippen MR) is 130 cm³/mol. The van der Waals surface area contributed by atoms with Gasteiger partial charge >= 0.3 is 6.09 Å². The van der Waals surface area contributed by atoms with Gasteiger partial charge in [0.2, 0.25) is 5.91 Å². The highest BCUT2D eigenvalue weighted by Gasteiger charge is 2.35. The SMILES string of the molecule is CCS(=O)(=O)c1cccc(-c2ccc3c(c2)N(C(=O)OC2CCOCC2)CC(C)N3C(C)=O)c1. The lowest BCUT2D eigenvalue weighted by Gasteiger charge is -2.41. The fourth-order valence-electron chi connectivity index (χ4n) is 4.49. The molecule has 9 heteroatoms. The second kappa shape index (κ2) is 9.76. The Bertz CT molecular complexity index is 1190. The van der Waals surface area contributed by atoms with E-state index in [0.29, 0.717) is 49.5 Å². The van der Waals surface area contributed by atoms with Gasteiger partial charge in [0.25, 0.3) is 0 Å². The van der Waals surface area contributed by atoms with Crippen molar-refractivity contribution in [2.75, 3.05) is 35.3 Å². The van der Waals surface area contributed by atoms with Crippen LogP contribution in [-0.2, 0) is 24.1 Å². The van der Waals surface area contributed by atoms with E-state index in [9.17, 15) is 18.0 Å². The van der Waals surface area contributed by atoms with Crippen molar-refractivity contribution in [1.82, 2.24) is 0 Å². The van der Waals surface area contributed by atoms with Crippen molar-refractivity contribution in [3.8, 4) is 11.1 Å². The summed E-state index contributed by atoms with van der Waals surface area (Å²) in [5.74, 6) is -0.104. The van der Waals surface area contributed by atoms with Crippen LogP contribution in [0.25, 0.3) is 11.1 Å². The number of anilines is 2. The van der Waals surface area contributed by atoms with E-state index in [1.807, 2.05) is 25.1 Å². The minimum absolute atomic E-state index is 0.0118. The average Bonchev–Trinajstić information content (AvgIpc) is 2.83. The first-order chi connectivity index (χ1) is 16.2. The van der Waals surface area contributed by atoms with E-state index in [-0.39, 0.29) is 28.7 Å². The Balaban J connectivity index is 1.74. The third kappa shape index (κ3) is 4.81. The van der Waals surface area contributed by atoms with Crippen LogP contribution in [0.4, 0.5) is 16.2 Å². The highest BCUT2D eigenvalue weighted by atomic mass is 32.2. The summed E-state index contributed by atoms with van der Waals surface area (Å²) in [7, 11) is -3.36. The number of nitrogens with zero attached hydrogens (tertiary/aromatic N) is 2. The first kappa shape index (κ1) is 24.2. The number of rotatable bonds is 4. The Labute approximate surface area is 200 Å². The van der Waals surface area contributed by atoms with Gasteiger partial charge in [-0.15, -0.1) is 0 Å². The Kier molecular flexibility index (Phi) is 6.95. The molecular formula is C25H30N2O6S. The molecule has 1 saturated heterocycles. The smallest absolute Gasteiger partial charge is 0.414 e. The summed E-state index contributed by atoms with van der Waals surface area (Å²) in [5.41, 5.74) is 2.64. The van der Waals surface area contributed by atoms with E-state index in [2.05, 4.69) is 0 Å². The molecule has 0 radical (unpaired) electrons. The molecule has 2 aliphatic heterocycles. The number of carbonyl (C=O) groups is 2. The predicted octanol–water partition coefficient (Wildman–Crippen LogP) is 4.02. The van der Waals surface area contributed by atoms with E-state index in [1.165, 1.54) is 6.92 Å². The molecule has 2 aromatic rings. The molecule has 4 rings (SSSR count). The summed E-state index contributed by atoms with van der Waals surface area (Å²) in [6.07, 6.45) is 0.647. The third-order valence-electron chi connectivity index (χ3n) is 6.32. The highest BCUT2D eigenvalue weighted by Crippen LogP contribution is 2.39. The van der Waals surface area contributed by atoms with Gasteiger partial charge in [-0.3, -0.25) is 9.69 Å². The van der Waals surface area contributed by atoms with Gasteiger partial charge in [-0.1, -0.05) is 25.1 Å². The lowest BCUT2D eigenvalue weighted by Crippen LogP contribution is -2.52. The second-order valence-electron chi connectivity index (χ2n) is 8.68. The van der Waals surface area contributed by atoms with Crippen molar-refractivity contribution >= 4 is 33.2 Å². The van der Waals surface area contributed by atoms with Gasteiger partial charge in [0.1, 0.15) is 6.10 Å². The van der Waals surface area contributed by atoms with Crippen molar-refractivity contribution < 1.29 is 27.5 Å². The second-order valence-corrected chi connectivity index (χ2v) is 11.0. The summed E-state index contributed by atoms with van der Waals surface area (Å²) in [6, 6.07) is 12.0. The first-order valence-electron chi connectivity index (χ1n) is 11.5. The van der Waals surface area contributed by atoms with Gasteiger partial charge in [-0.25, -0.2) is 13.2 Å². The van der Waals surface area contributed by atoms with Gasteiger partial charge in [0, 0.05) is 26.3 Å². The monoisotopic (exact) mass is 486 g/mol. The van der Waals surface area contributed by atoms with Crippen LogP contribution in [-0.4, -0.2) is 58.1 Å². The molecule has 2 aliphatic rings. The normalized spacial score (nSPS) is 19.0. The summed E-state index contributed by atoms with van der Waals surface area (Å²) >= 11 is 0. The van der Waals surface area contributed by atoms with Crippen molar-refractivity contribution in [3.63, 3.8) is 0 Å². The topological polar surface area (TPSA) is 93.2 Å². The van der Waals surface area contributed by atoms with Crippen LogP contribution in [0, 0.1) is 0 Å². The summed E-state index contributed by atoms with van der Waals surface area (Å²) in [4.78, 5) is 29.1. The van der Waals surface area contributed by atoms with Gasteiger partial charge in [0.15, 0.2) is 9.84 Å². The molecule has 2 amide bonds. The number of fused-ring (bicyclic) bond motifs is 1. The molecule has 34 heavy (non-hydrogen) atoms. The number of hydrogen-bond donors (Lipinski definition) is 0. The van der Waals surface area contributed by atoms with E-state index >= 15 is 0 Å². The molecule has 182 valence electrons. The van der Waals surface area contributed by atoms with Crippen LogP contribution in [0.5, 0.6) is 0 Å². The van der Waals surface area contributed by atoms with Crippen LogP contribution >= 0.6 is 0 Å². The summed E-state index contributed by atoms with van der Waals surface area (Å²) < 4.78 is 35.9. The molecule has 0 aromatic heterocycles. The van der Waals surface area contributed by atoms with Gasteiger partial charge in [0.05, 0.1) is 41.3 Å². The standard InChI is InChI=1S/C25H30N2O6S/c1-4-34(30,31)22-7-5-6-19(14-22)20-8-9-23-24(15-20)26(16-17(2)27(23)18(3)28)25(29)33-21-10-12-32-13-11-21/h5-9,14-15,17,21H,4,10-13,16H2,1-3H3. The largest absolute Gasteiger partial charge is 0.446 e. The first-order valence-corrected chi connectivity index (χ1v) is 13.2. The maximum absolute atomic E-state index is 13.2. The van der Waals surface area contributed by atoms with E-state index < -0.39 is 15.9 Å². The zero-order chi connectivity index (χ0) is 24.5. The van der Waals surface area contributed by atoms with E-state index in [1.54, 1.807) is 41.0 Å². The molecule has 2 heterocycles. The van der Waals surface area contributed by atoms with Crippen LogP contribution in [0.2, 0.25) is 0 Å². The number of ether oxygens (including phenoxy) is 2. The van der Waals surface area contributed by atoms with Gasteiger partial charge in [-0.2, -0.15) is 0 Å². The number of sulfone groups is 1.